The van der Waals surface area contributed by atoms with E-state index in [9.17, 15) is 19.7 Å². The van der Waals surface area contributed by atoms with E-state index in [2.05, 4.69) is 4.40 Å². The van der Waals surface area contributed by atoms with Crippen LogP contribution in [0, 0.1) is 10.1 Å². The van der Waals surface area contributed by atoms with Crippen molar-refractivity contribution in [1.82, 2.24) is 4.90 Å². The number of β-lactam (4-membered cyclic amide) rings is 1. The summed E-state index contributed by atoms with van der Waals surface area (Å²) in [7, 11) is 0. The summed E-state index contributed by atoms with van der Waals surface area (Å²) < 4.78 is 9.49. The SMILES string of the molecule is CC[S+]1N=C(C(=O)OCc2ccc([N+](=O)[O-])cc2)N2C(=O)C[C@H]21. The van der Waals surface area contributed by atoms with Gasteiger partial charge in [-0.05, 0) is 29.0 Å². The maximum absolute atomic E-state index is 12.1. The summed E-state index contributed by atoms with van der Waals surface area (Å²) in [6, 6.07) is 5.74. The lowest BCUT2D eigenvalue weighted by molar-refractivity contribution is -0.384. The van der Waals surface area contributed by atoms with E-state index in [-0.39, 0.29) is 40.5 Å². The van der Waals surface area contributed by atoms with Crippen molar-refractivity contribution < 1.29 is 19.2 Å². The molecule has 2 atom stereocenters. The molecule has 120 valence electrons. The van der Waals surface area contributed by atoms with Crippen LogP contribution < -0.4 is 0 Å². The first-order valence-electron chi connectivity index (χ1n) is 7.02. The Bertz CT molecular complexity index is 703. The Labute approximate surface area is 134 Å². The zero-order chi connectivity index (χ0) is 16.6. The third-order valence-corrected chi connectivity index (χ3v) is 5.65. The summed E-state index contributed by atoms with van der Waals surface area (Å²) in [5, 5.41) is 10.6. The summed E-state index contributed by atoms with van der Waals surface area (Å²) in [6.45, 7) is 1.95. The number of non-ortho nitro benzene ring substituents is 1. The number of rotatable bonds is 5. The molecule has 2 heterocycles. The number of amides is 1. The van der Waals surface area contributed by atoms with Gasteiger partial charge in [-0.3, -0.25) is 14.9 Å². The molecule has 0 aliphatic carbocycles. The number of nitro benzene ring substituents is 1. The second kappa shape index (κ2) is 5.99. The van der Waals surface area contributed by atoms with Gasteiger partial charge in [-0.2, -0.15) is 0 Å². The molecule has 2 aliphatic rings. The van der Waals surface area contributed by atoms with Gasteiger partial charge in [0.25, 0.3) is 11.5 Å². The van der Waals surface area contributed by atoms with Gasteiger partial charge in [-0.15, -0.1) is 0 Å². The summed E-state index contributed by atoms with van der Waals surface area (Å²) in [5.74, 6) is 0.126. The number of nitro groups is 1. The van der Waals surface area contributed by atoms with Gasteiger partial charge in [-0.1, -0.05) is 0 Å². The lowest BCUT2D eigenvalue weighted by atomic mass is 10.2. The number of nitrogens with zero attached hydrogens (tertiary/aromatic N) is 3. The van der Waals surface area contributed by atoms with E-state index in [1.165, 1.54) is 29.2 Å². The quantitative estimate of drug-likeness (QED) is 0.264. The summed E-state index contributed by atoms with van der Waals surface area (Å²) in [5.41, 5.74) is 0.602. The summed E-state index contributed by atoms with van der Waals surface area (Å²) in [4.78, 5) is 35.3. The van der Waals surface area contributed by atoms with Crippen molar-refractivity contribution >= 4 is 34.5 Å². The van der Waals surface area contributed by atoms with Crippen molar-refractivity contribution in [2.45, 2.75) is 25.3 Å². The molecule has 1 aromatic carbocycles. The standard InChI is InChI=1S/C14H14N3O5S/c1-2-23-12-7-11(18)16(12)13(15-23)14(19)22-8-9-3-5-10(6-4-9)17(20)21/h3-6,12H,2,7-8H2,1H3/q+1/t12-,23?/m1/s1. The molecule has 0 aromatic heterocycles. The smallest absolute Gasteiger partial charge is 0.379 e. The van der Waals surface area contributed by atoms with E-state index in [0.717, 1.165) is 5.75 Å². The Morgan fingerprint density at radius 2 is 2.17 bits per heavy atom. The maximum atomic E-state index is 12.1. The van der Waals surface area contributed by atoms with Crippen LogP contribution in [0.25, 0.3) is 0 Å². The van der Waals surface area contributed by atoms with E-state index < -0.39 is 10.9 Å². The molecule has 8 nitrogen and oxygen atoms in total. The minimum absolute atomic E-state index is 0.00873. The Morgan fingerprint density at radius 3 is 2.74 bits per heavy atom. The first-order chi connectivity index (χ1) is 11.0. The van der Waals surface area contributed by atoms with Crippen molar-refractivity contribution in [3.63, 3.8) is 0 Å². The molecular weight excluding hydrogens is 322 g/mol. The number of hydrogen-bond donors (Lipinski definition) is 0. The van der Waals surface area contributed by atoms with Crippen molar-refractivity contribution in [1.29, 1.82) is 0 Å². The minimum Gasteiger partial charge on any atom is -0.455 e. The van der Waals surface area contributed by atoms with E-state index in [4.69, 9.17) is 4.74 Å². The normalized spacial score (nSPS) is 22.2. The van der Waals surface area contributed by atoms with Crippen LogP contribution in [0.1, 0.15) is 18.9 Å². The van der Waals surface area contributed by atoms with E-state index >= 15 is 0 Å². The monoisotopic (exact) mass is 336 g/mol. The highest BCUT2D eigenvalue weighted by Crippen LogP contribution is 2.33. The van der Waals surface area contributed by atoms with Crippen LogP contribution in [0.3, 0.4) is 0 Å². The number of carbonyl (C=O) groups excluding carboxylic acids is 2. The highest BCUT2D eigenvalue weighted by molar-refractivity contribution is 7.96. The van der Waals surface area contributed by atoms with Crippen LogP contribution in [0.5, 0.6) is 0 Å². The van der Waals surface area contributed by atoms with Crippen LogP contribution in [0.15, 0.2) is 28.7 Å². The number of ether oxygens (including phenoxy) is 1. The van der Waals surface area contributed by atoms with Gasteiger partial charge in [0.05, 0.1) is 11.3 Å². The number of hydrogen-bond acceptors (Lipinski definition) is 6. The van der Waals surface area contributed by atoms with Gasteiger partial charge >= 0.3 is 5.97 Å². The fraction of sp³-hybridized carbons (Fsp3) is 0.357. The third kappa shape index (κ3) is 2.79. The largest absolute Gasteiger partial charge is 0.455 e. The predicted octanol–water partition coefficient (Wildman–Crippen LogP) is 1.16. The fourth-order valence-corrected chi connectivity index (χ4v) is 4.21. The Morgan fingerprint density at radius 1 is 1.48 bits per heavy atom. The van der Waals surface area contributed by atoms with Crippen LogP contribution in [0.2, 0.25) is 0 Å². The van der Waals surface area contributed by atoms with E-state index in [1.54, 1.807) is 0 Å². The van der Waals surface area contributed by atoms with Crippen LogP contribution >= 0.6 is 0 Å². The summed E-state index contributed by atoms with van der Waals surface area (Å²) >= 11 is -0.333. The topological polar surface area (TPSA) is 102 Å². The fourth-order valence-electron chi connectivity index (χ4n) is 2.40. The van der Waals surface area contributed by atoms with Crippen molar-refractivity contribution in [2.75, 3.05) is 5.75 Å². The van der Waals surface area contributed by atoms with Gasteiger partial charge in [-0.25, -0.2) is 9.69 Å². The number of amidine groups is 1. The van der Waals surface area contributed by atoms with Crippen LogP contribution in [-0.4, -0.2) is 38.7 Å². The molecule has 1 amide bonds. The highest BCUT2D eigenvalue weighted by Gasteiger charge is 2.58. The second-order valence-corrected chi connectivity index (χ2v) is 7.13. The summed E-state index contributed by atoms with van der Waals surface area (Å²) in [6.07, 6.45) is 0.430. The molecule has 3 rings (SSSR count). The first kappa shape index (κ1) is 15.5. The number of fused-ring (bicyclic) bond motifs is 1. The molecule has 23 heavy (non-hydrogen) atoms. The Balaban J connectivity index is 1.63. The second-order valence-electron chi connectivity index (χ2n) is 5.03. The number of esters is 1. The van der Waals surface area contributed by atoms with Gasteiger partial charge < -0.3 is 4.74 Å². The molecule has 0 spiro atoms. The molecule has 0 N–H and O–H groups in total. The average Bonchev–Trinajstić information content (AvgIpc) is 2.85. The predicted molar refractivity (Wildman–Crippen MR) is 83.5 cm³/mol. The molecule has 2 aliphatic heterocycles. The van der Waals surface area contributed by atoms with Gasteiger partial charge in [0, 0.05) is 12.1 Å². The molecule has 1 aromatic rings. The lowest BCUT2D eigenvalue weighted by Crippen LogP contribution is -2.56. The molecule has 1 fully saturated rings. The Hall–Kier alpha value is -2.42. The van der Waals surface area contributed by atoms with Gasteiger partial charge in [0.1, 0.15) is 12.4 Å². The van der Waals surface area contributed by atoms with Crippen LogP contribution in [0.4, 0.5) is 5.69 Å². The lowest BCUT2D eigenvalue weighted by Gasteiger charge is -2.29. The van der Waals surface area contributed by atoms with E-state index in [0.29, 0.717) is 12.0 Å². The van der Waals surface area contributed by atoms with Gasteiger partial charge in [0.2, 0.25) is 11.3 Å². The number of carbonyl (C=O) groups is 2. The van der Waals surface area contributed by atoms with Crippen molar-refractivity contribution in [3.8, 4) is 0 Å². The molecule has 9 heteroatoms. The van der Waals surface area contributed by atoms with Crippen LogP contribution in [-0.2, 0) is 32.0 Å². The van der Waals surface area contributed by atoms with E-state index in [1.807, 2.05) is 6.92 Å². The maximum Gasteiger partial charge on any atom is 0.379 e. The molecular formula is C14H14N3O5S+. The average molecular weight is 336 g/mol. The highest BCUT2D eigenvalue weighted by atomic mass is 32.2. The zero-order valence-corrected chi connectivity index (χ0v) is 13.1. The number of benzene rings is 1. The Kier molecular flexibility index (Phi) is 4.03. The molecule has 0 saturated carbocycles. The van der Waals surface area contributed by atoms with Crippen molar-refractivity contribution in [2.24, 2.45) is 4.40 Å². The molecule has 1 unspecified atom stereocenters. The molecule has 0 bridgehead atoms. The molecule has 0 radical (unpaired) electrons. The van der Waals surface area contributed by atoms with Crippen molar-refractivity contribution in [3.05, 3.63) is 39.9 Å². The minimum atomic E-state index is -0.634. The molecule has 1 saturated heterocycles. The third-order valence-electron chi connectivity index (χ3n) is 3.65. The zero-order valence-electron chi connectivity index (χ0n) is 12.3. The van der Waals surface area contributed by atoms with Gasteiger partial charge in [0.15, 0.2) is 11.1 Å². The first-order valence-corrected chi connectivity index (χ1v) is 8.43.